The number of sulfonamides is 1. The van der Waals surface area contributed by atoms with Crippen molar-refractivity contribution >= 4 is 38.1 Å². The molecule has 33 heavy (non-hydrogen) atoms. The minimum atomic E-state index is -3.72. The number of anilines is 1. The van der Waals surface area contributed by atoms with Crippen molar-refractivity contribution in [2.45, 2.75) is 17.9 Å². The molecule has 0 saturated carbocycles. The Morgan fingerprint density at radius 2 is 1.94 bits per heavy atom. The molecule has 1 amide bonds. The number of carbonyl (C=O) groups is 1. The van der Waals surface area contributed by atoms with Crippen molar-refractivity contribution in [3.8, 4) is 0 Å². The molecule has 2 aromatic rings. The Labute approximate surface area is 197 Å². The van der Waals surface area contributed by atoms with E-state index in [0.717, 1.165) is 4.88 Å². The van der Waals surface area contributed by atoms with E-state index in [0.29, 0.717) is 23.7 Å². The Balaban J connectivity index is 2.24. The predicted octanol–water partition coefficient (Wildman–Crippen LogP) is 1.30. The summed E-state index contributed by atoms with van der Waals surface area (Å²) >= 11 is 1.25. The number of oxime groups is 1. The molecule has 1 heterocycles. The van der Waals surface area contributed by atoms with Gasteiger partial charge in [0.2, 0.25) is 10.0 Å². The number of amides is 1. The van der Waals surface area contributed by atoms with Crippen LogP contribution in [0.5, 0.6) is 0 Å². The molecule has 0 aliphatic carbocycles. The van der Waals surface area contributed by atoms with E-state index < -0.39 is 15.9 Å². The third-order valence-electron chi connectivity index (χ3n) is 4.27. The van der Waals surface area contributed by atoms with Crippen LogP contribution in [-0.2, 0) is 35.7 Å². The molecule has 0 atom stereocenters. The summed E-state index contributed by atoms with van der Waals surface area (Å²) in [5, 5.41) is 15.8. The number of methoxy groups -OCH3 is 2. The summed E-state index contributed by atoms with van der Waals surface area (Å²) in [5.41, 5.74) is 0.289. The number of rotatable bonds is 14. The van der Waals surface area contributed by atoms with Crippen LogP contribution in [0.4, 0.5) is 5.13 Å². The molecule has 2 rings (SSSR count). The highest BCUT2D eigenvalue weighted by molar-refractivity contribution is 7.89. The number of likely N-dealkylation sites (N-methyl/N-ethyl adjacent to an activating group) is 1. The van der Waals surface area contributed by atoms with Gasteiger partial charge in [-0.15, -0.1) is 0 Å². The van der Waals surface area contributed by atoms with Gasteiger partial charge in [0.05, 0.1) is 23.0 Å². The second kappa shape index (κ2) is 13.3. The van der Waals surface area contributed by atoms with E-state index in [9.17, 15) is 13.2 Å². The first kappa shape index (κ1) is 26.8. The van der Waals surface area contributed by atoms with Crippen LogP contribution in [0, 0.1) is 0 Å². The van der Waals surface area contributed by atoms with Crippen molar-refractivity contribution in [2.24, 2.45) is 5.16 Å². The van der Waals surface area contributed by atoms with Crippen LogP contribution in [0.15, 0.2) is 40.5 Å². The van der Waals surface area contributed by atoms with Gasteiger partial charge in [0, 0.05) is 52.6 Å². The third-order valence-corrected chi connectivity index (χ3v) is 7.03. The number of carbonyl (C=O) groups excluding carboxylic acids is 1. The number of nitrogens with zero attached hydrogens (tertiary/aromatic N) is 3. The van der Waals surface area contributed by atoms with Crippen molar-refractivity contribution < 1.29 is 32.6 Å². The Bertz CT molecular complexity index is 1020. The van der Waals surface area contributed by atoms with Gasteiger partial charge in [-0.1, -0.05) is 28.6 Å². The second-order valence-electron chi connectivity index (χ2n) is 6.71. The summed E-state index contributed by atoms with van der Waals surface area (Å²) < 4.78 is 36.5. The molecule has 182 valence electrons. The van der Waals surface area contributed by atoms with Crippen LogP contribution < -0.4 is 5.32 Å². The zero-order valence-corrected chi connectivity index (χ0v) is 20.3. The zero-order chi connectivity index (χ0) is 24.3. The molecule has 0 aliphatic rings. The summed E-state index contributed by atoms with van der Waals surface area (Å²) in [6.45, 7) is 0.862. The standard InChI is InChI=1S/C20H28N4O7S2/c1-24(9-12-29-2)33(27,28)17-7-5-15(6-8-17)18(23-31-11-4-10-25)19(26)22-20-21-13-16(32-20)14-30-3/h5-8,13,25H,4,9-12,14H2,1-3H3,(H,21,22,26)/b23-18+. The minimum absolute atomic E-state index is 0.0619. The van der Waals surface area contributed by atoms with E-state index in [2.05, 4.69) is 15.5 Å². The van der Waals surface area contributed by atoms with Gasteiger partial charge in [-0.05, 0) is 12.1 Å². The smallest absolute Gasteiger partial charge is 0.280 e. The summed E-state index contributed by atoms with van der Waals surface area (Å²) in [4.78, 5) is 23.1. The van der Waals surface area contributed by atoms with Crippen molar-refractivity contribution in [1.29, 1.82) is 0 Å². The number of aliphatic hydroxyl groups is 1. The molecule has 0 aliphatic heterocycles. The van der Waals surface area contributed by atoms with Crippen molar-refractivity contribution in [1.82, 2.24) is 9.29 Å². The van der Waals surface area contributed by atoms with E-state index in [1.54, 1.807) is 13.3 Å². The highest BCUT2D eigenvalue weighted by Crippen LogP contribution is 2.20. The lowest BCUT2D eigenvalue weighted by atomic mass is 10.1. The number of nitrogens with one attached hydrogen (secondary N) is 1. The molecule has 13 heteroatoms. The summed E-state index contributed by atoms with van der Waals surface area (Å²) in [7, 11) is 0.801. The Morgan fingerprint density at radius 1 is 1.21 bits per heavy atom. The monoisotopic (exact) mass is 500 g/mol. The van der Waals surface area contributed by atoms with Crippen molar-refractivity contribution in [3.05, 3.63) is 40.9 Å². The lowest BCUT2D eigenvalue weighted by molar-refractivity contribution is -0.110. The van der Waals surface area contributed by atoms with Gasteiger partial charge in [0.15, 0.2) is 10.8 Å². The first-order chi connectivity index (χ1) is 15.8. The zero-order valence-electron chi connectivity index (χ0n) is 18.7. The normalized spacial score (nSPS) is 12.2. The number of hydrogen-bond acceptors (Lipinski definition) is 10. The fraction of sp³-hybridized carbons (Fsp3) is 0.450. The van der Waals surface area contributed by atoms with E-state index in [1.165, 1.54) is 54.1 Å². The maximum Gasteiger partial charge on any atom is 0.280 e. The molecule has 0 unspecified atom stereocenters. The number of benzene rings is 1. The molecule has 0 radical (unpaired) electrons. The van der Waals surface area contributed by atoms with E-state index in [-0.39, 0.29) is 37.0 Å². The van der Waals surface area contributed by atoms with Crippen LogP contribution in [-0.4, -0.2) is 82.1 Å². The van der Waals surface area contributed by atoms with E-state index in [4.69, 9.17) is 19.4 Å². The molecule has 0 saturated heterocycles. The fourth-order valence-electron chi connectivity index (χ4n) is 2.50. The maximum absolute atomic E-state index is 12.9. The van der Waals surface area contributed by atoms with Crippen LogP contribution in [0.25, 0.3) is 0 Å². The topological polar surface area (TPSA) is 140 Å². The van der Waals surface area contributed by atoms with Gasteiger partial charge < -0.3 is 19.4 Å². The number of hydrogen-bond donors (Lipinski definition) is 2. The van der Waals surface area contributed by atoms with Crippen LogP contribution in [0.2, 0.25) is 0 Å². The van der Waals surface area contributed by atoms with Gasteiger partial charge in [-0.3, -0.25) is 10.1 Å². The van der Waals surface area contributed by atoms with Gasteiger partial charge in [-0.25, -0.2) is 13.4 Å². The maximum atomic E-state index is 12.9. The summed E-state index contributed by atoms with van der Waals surface area (Å²) in [6, 6.07) is 5.74. The highest BCUT2D eigenvalue weighted by atomic mass is 32.2. The number of aromatic nitrogens is 1. The quantitative estimate of drug-likeness (QED) is 0.225. The Kier molecular flexibility index (Phi) is 10.8. The number of aliphatic hydroxyl groups excluding tert-OH is 1. The van der Waals surface area contributed by atoms with Crippen molar-refractivity contribution in [2.75, 3.05) is 52.9 Å². The molecular formula is C20H28N4O7S2. The Hall–Kier alpha value is -2.42. The largest absolute Gasteiger partial charge is 0.396 e. The van der Waals surface area contributed by atoms with E-state index >= 15 is 0 Å². The molecule has 1 aromatic heterocycles. The number of ether oxygens (including phenoxy) is 2. The second-order valence-corrected chi connectivity index (χ2v) is 9.87. The van der Waals surface area contributed by atoms with Gasteiger partial charge in [-0.2, -0.15) is 4.31 Å². The molecular weight excluding hydrogens is 472 g/mol. The summed E-state index contributed by atoms with van der Waals surface area (Å²) in [6.07, 6.45) is 1.94. The molecule has 1 aromatic carbocycles. The molecule has 11 nitrogen and oxygen atoms in total. The molecule has 0 fully saturated rings. The molecule has 0 bridgehead atoms. The van der Waals surface area contributed by atoms with Crippen LogP contribution in [0.3, 0.4) is 0 Å². The van der Waals surface area contributed by atoms with Gasteiger partial charge in [0.25, 0.3) is 5.91 Å². The fourth-order valence-corrected chi connectivity index (χ4v) is 4.43. The number of thiazole rings is 1. The SMILES string of the molecule is COCCN(C)S(=O)(=O)c1ccc(/C(=N\OCCCO)C(=O)Nc2ncc(COC)s2)cc1. The summed E-state index contributed by atoms with van der Waals surface area (Å²) in [5.74, 6) is -0.579. The average molecular weight is 501 g/mol. The first-order valence-electron chi connectivity index (χ1n) is 9.95. The predicted molar refractivity (Wildman–Crippen MR) is 124 cm³/mol. The molecule has 2 N–H and O–H groups in total. The van der Waals surface area contributed by atoms with Crippen LogP contribution in [0.1, 0.15) is 16.9 Å². The highest BCUT2D eigenvalue weighted by Gasteiger charge is 2.22. The van der Waals surface area contributed by atoms with Gasteiger partial charge >= 0.3 is 0 Å². The van der Waals surface area contributed by atoms with Crippen molar-refractivity contribution in [3.63, 3.8) is 0 Å². The lowest BCUT2D eigenvalue weighted by Crippen LogP contribution is -2.30. The van der Waals surface area contributed by atoms with Crippen LogP contribution >= 0.6 is 11.3 Å². The average Bonchev–Trinajstić information content (AvgIpc) is 3.24. The third kappa shape index (κ3) is 7.84. The lowest BCUT2D eigenvalue weighted by Gasteiger charge is -2.17. The Morgan fingerprint density at radius 3 is 2.58 bits per heavy atom. The van der Waals surface area contributed by atoms with Gasteiger partial charge in [0.1, 0.15) is 6.61 Å². The first-order valence-corrected chi connectivity index (χ1v) is 12.2. The van der Waals surface area contributed by atoms with E-state index in [1.807, 2.05) is 0 Å². The molecule has 0 spiro atoms. The minimum Gasteiger partial charge on any atom is -0.396 e.